The molecule has 3 fully saturated rings. The summed E-state index contributed by atoms with van der Waals surface area (Å²) in [6, 6.07) is 7.88. The molecular weight excluding hydrogens is 490 g/mol. The van der Waals surface area contributed by atoms with E-state index in [0.29, 0.717) is 4.91 Å². The largest absolute Gasteiger partial charge is 2.00 e. The molecule has 4 aliphatic rings. The second-order valence-electron chi connectivity index (χ2n) is 7.76. The van der Waals surface area contributed by atoms with Crippen LogP contribution in [0.4, 0.5) is 0 Å². The predicted octanol–water partition coefficient (Wildman–Crippen LogP) is 3.77. The van der Waals surface area contributed by atoms with Crippen molar-refractivity contribution in [2.75, 3.05) is 6.61 Å². The van der Waals surface area contributed by atoms with Crippen LogP contribution in [0.15, 0.2) is 42.6 Å². The zero-order chi connectivity index (χ0) is 23.4. The van der Waals surface area contributed by atoms with Gasteiger partial charge in [0, 0.05) is 10.8 Å². The van der Waals surface area contributed by atoms with E-state index < -0.39 is 18.0 Å². The van der Waals surface area contributed by atoms with Gasteiger partial charge in [0.15, 0.2) is 0 Å². The number of carbonyl (C=O) groups excluding carboxylic acids is 2. The van der Waals surface area contributed by atoms with Crippen LogP contribution in [0.1, 0.15) is 18.1 Å². The Morgan fingerprint density at radius 3 is 2.18 bits per heavy atom. The molecule has 1 aromatic rings. The van der Waals surface area contributed by atoms with Crippen molar-refractivity contribution < 1.29 is 36.5 Å². The van der Waals surface area contributed by atoms with Crippen LogP contribution >= 0.6 is 11.8 Å². The Labute approximate surface area is 217 Å². The Hall–Kier alpha value is -1.53. The molecule has 0 aromatic heterocycles. The maximum absolute atomic E-state index is 12.7. The van der Waals surface area contributed by atoms with Crippen molar-refractivity contribution in [3.05, 3.63) is 117 Å². The van der Waals surface area contributed by atoms with E-state index in [1.807, 2.05) is 82.1 Å². The first-order valence-corrected chi connectivity index (χ1v) is 11.6. The number of hydrogen-bond donors (Lipinski definition) is 1. The van der Waals surface area contributed by atoms with Crippen LogP contribution in [0.25, 0.3) is 4.91 Å². The molecule has 1 N–H and O–H groups in total. The summed E-state index contributed by atoms with van der Waals surface area (Å²) in [4.78, 5) is 27.4. The molecule has 7 heteroatoms. The monoisotopic (exact) mass is 515 g/mol. The number of aliphatic hydroxyl groups excluding tert-OH is 1. The number of hydrogen-bond acceptors (Lipinski definition) is 5. The number of ether oxygens (including phenoxy) is 1. The van der Waals surface area contributed by atoms with Gasteiger partial charge in [-0.05, 0) is 75.8 Å². The Morgan fingerprint density at radius 1 is 1.09 bits per heavy atom. The minimum atomic E-state index is -0.772. The van der Waals surface area contributed by atoms with Crippen molar-refractivity contribution >= 4 is 28.5 Å². The predicted molar refractivity (Wildman–Crippen MR) is 129 cm³/mol. The van der Waals surface area contributed by atoms with Crippen molar-refractivity contribution in [3.63, 3.8) is 0 Å². The zero-order valence-electron chi connectivity index (χ0n) is 18.6. The molecule has 0 bridgehead atoms. The molecule has 0 unspecified atom stereocenters. The summed E-state index contributed by atoms with van der Waals surface area (Å²) in [5.74, 6) is -0.199. The molecule has 34 heavy (non-hydrogen) atoms. The third kappa shape index (κ3) is 5.64. The summed E-state index contributed by atoms with van der Waals surface area (Å²) < 4.78 is 5.22. The van der Waals surface area contributed by atoms with E-state index in [2.05, 4.69) is 6.58 Å². The van der Waals surface area contributed by atoms with Gasteiger partial charge in [0.25, 0.3) is 0 Å². The number of esters is 1. The van der Waals surface area contributed by atoms with Crippen LogP contribution in [0.3, 0.4) is 0 Å². The van der Waals surface area contributed by atoms with Crippen LogP contribution in [-0.4, -0.2) is 40.0 Å². The minimum absolute atomic E-state index is 0. The summed E-state index contributed by atoms with van der Waals surface area (Å²) in [7, 11) is 0. The van der Waals surface area contributed by atoms with Gasteiger partial charge in [-0.3, -0.25) is 9.69 Å². The van der Waals surface area contributed by atoms with Gasteiger partial charge in [0.05, 0.1) is 12.0 Å². The number of benzene rings is 1. The molecule has 0 spiro atoms. The average Bonchev–Trinajstić information content (AvgIpc) is 3.59. The van der Waals surface area contributed by atoms with Gasteiger partial charge in [-0.15, -0.1) is 0 Å². The molecule has 2 heterocycles. The number of aliphatic hydroxyl groups is 1. The fourth-order valence-electron chi connectivity index (χ4n) is 3.88. The molecule has 1 amide bonds. The molecule has 2 aliphatic heterocycles. The third-order valence-electron chi connectivity index (χ3n) is 5.52. The SMILES string of the molecule is C=CCOC(=O)C1=C(c2ccc([C]3[CH][CH][CH][CH]3)cc2)S[C@@H]2[C@@H]([C@@H](C)O)C(=O)N12.[CH]1[CH][CH][CH][CH]1.[Fe+2]. The second kappa shape index (κ2) is 12.4. The summed E-state index contributed by atoms with van der Waals surface area (Å²) in [6.45, 7) is 5.23. The molecule has 5 rings (SSSR count). The van der Waals surface area contributed by atoms with Crippen molar-refractivity contribution in [2.45, 2.75) is 18.4 Å². The van der Waals surface area contributed by atoms with Crippen LogP contribution < -0.4 is 0 Å². The number of carbonyl (C=O) groups is 2. The van der Waals surface area contributed by atoms with Gasteiger partial charge in [-0.2, -0.15) is 0 Å². The number of amides is 1. The van der Waals surface area contributed by atoms with E-state index in [0.717, 1.165) is 17.0 Å². The number of fused-ring (bicyclic) bond motifs is 1. The van der Waals surface area contributed by atoms with E-state index >= 15 is 0 Å². The molecule has 1 aromatic carbocycles. The first kappa shape index (κ1) is 27.1. The average molecular weight is 515 g/mol. The first-order valence-electron chi connectivity index (χ1n) is 10.7. The minimum Gasteiger partial charge on any atom is -0.457 e. The van der Waals surface area contributed by atoms with Crippen LogP contribution in [0, 0.1) is 69.6 Å². The number of β-lactam (4-membered cyclic amide) rings is 1. The Bertz CT molecular complexity index is 896. The summed E-state index contributed by atoms with van der Waals surface area (Å²) in [6.07, 6.45) is 18.8. The zero-order valence-corrected chi connectivity index (χ0v) is 20.5. The van der Waals surface area contributed by atoms with Crippen molar-refractivity contribution in [1.82, 2.24) is 4.90 Å². The molecule has 3 atom stereocenters. The van der Waals surface area contributed by atoms with Crippen molar-refractivity contribution in [1.29, 1.82) is 0 Å². The fraction of sp³-hybridized carbons (Fsp3) is 0.185. The molecule has 5 nitrogen and oxygen atoms in total. The normalized spacial score (nSPS) is 24.5. The summed E-state index contributed by atoms with van der Waals surface area (Å²) in [5.41, 5.74) is 2.17. The quantitative estimate of drug-likeness (QED) is 0.271. The van der Waals surface area contributed by atoms with Crippen LogP contribution in [0.5, 0.6) is 0 Å². The molecule has 10 radical (unpaired) electrons. The molecular formula is C27H25FeNO4S+2. The van der Waals surface area contributed by atoms with Gasteiger partial charge in [-0.1, -0.05) is 48.7 Å². The smallest absolute Gasteiger partial charge is 0.457 e. The van der Waals surface area contributed by atoms with E-state index in [4.69, 9.17) is 4.74 Å². The standard InChI is InChI=1S/C22H20NO4S.C5H5.Fe/c1-3-12-27-22(26)18-19(28-21-17(13(2)24)20(25)23(18)21)16-10-8-15(9-11-16)14-6-4-5-7-14;1-2-4-5-3-1;/h3-11,13,17,21,24H,1,12H2,2H3;1-5H;/q;;+2/t13-,17+,21-;;/m1../s1. The van der Waals surface area contributed by atoms with Crippen molar-refractivity contribution in [2.24, 2.45) is 5.92 Å². The fourth-order valence-corrected chi connectivity index (χ4v) is 5.49. The number of nitrogens with zero attached hydrogens (tertiary/aromatic N) is 1. The number of thioether (sulfide) groups is 1. The van der Waals surface area contributed by atoms with E-state index in [9.17, 15) is 14.7 Å². The van der Waals surface area contributed by atoms with Gasteiger partial charge in [-0.25, -0.2) is 4.79 Å². The molecule has 1 saturated heterocycles. The Balaban J connectivity index is 0.000000481. The summed E-state index contributed by atoms with van der Waals surface area (Å²) >= 11 is 1.42. The van der Waals surface area contributed by atoms with Gasteiger partial charge >= 0.3 is 23.0 Å². The molecule has 2 saturated carbocycles. The van der Waals surface area contributed by atoms with Crippen LogP contribution in [0.2, 0.25) is 0 Å². The maximum atomic E-state index is 12.7. The second-order valence-corrected chi connectivity index (χ2v) is 8.89. The van der Waals surface area contributed by atoms with Crippen LogP contribution in [-0.2, 0) is 31.4 Å². The first-order chi connectivity index (χ1) is 16.0. The Kier molecular flexibility index (Phi) is 9.90. The van der Waals surface area contributed by atoms with Gasteiger partial charge in [0.1, 0.15) is 17.7 Å². The van der Waals surface area contributed by atoms with Gasteiger partial charge < -0.3 is 9.84 Å². The molecule has 174 valence electrons. The van der Waals surface area contributed by atoms with E-state index in [-0.39, 0.29) is 40.7 Å². The topological polar surface area (TPSA) is 66.8 Å². The van der Waals surface area contributed by atoms with Crippen molar-refractivity contribution in [3.8, 4) is 0 Å². The molecule has 2 aliphatic carbocycles. The third-order valence-corrected chi connectivity index (χ3v) is 6.93. The summed E-state index contributed by atoms with van der Waals surface area (Å²) in [5, 5.41) is 9.66. The van der Waals surface area contributed by atoms with Gasteiger partial charge in [0.2, 0.25) is 5.91 Å². The Morgan fingerprint density at radius 2 is 1.65 bits per heavy atom. The van der Waals surface area contributed by atoms with E-state index in [1.54, 1.807) is 6.92 Å². The number of rotatable bonds is 6. The maximum Gasteiger partial charge on any atom is 2.00 e. The van der Waals surface area contributed by atoms with E-state index in [1.165, 1.54) is 22.7 Å².